The Morgan fingerprint density at radius 1 is 0.957 bits per heavy atom. The highest BCUT2D eigenvalue weighted by Crippen LogP contribution is 2.13. The summed E-state index contributed by atoms with van der Waals surface area (Å²) in [4.78, 5) is 14.3. The number of carbonyl (C=O) groups is 1. The monoisotopic (exact) mass is 310 g/mol. The first-order valence-electron chi connectivity index (χ1n) is 8.24. The van der Waals surface area contributed by atoms with E-state index in [2.05, 4.69) is 27.6 Å². The number of nitrogens with zero attached hydrogens (tertiary/aromatic N) is 3. The lowest BCUT2D eigenvalue weighted by molar-refractivity contribution is 0.0754. The molecule has 1 aromatic heterocycles. The van der Waals surface area contributed by atoms with Crippen LogP contribution < -0.4 is 5.32 Å². The second-order valence-corrected chi connectivity index (χ2v) is 5.85. The van der Waals surface area contributed by atoms with Crippen LogP contribution in [0.3, 0.4) is 0 Å². The van der Waals surface area contributed by atoms with Crippen LogP contribution in [0.5, 0.6) is 0 Å². The fourth-order valence-corrected chi connectivity index (χ4v) is 2.76. The van der Waals surface area contributed by atoms with Crippen LogP contribution in [-0.2, 0) is 6.54 Å². The Balaban J connectivity index is 1.59. The van der Waals surface area contributed by atoms with Crippen molar-refractivity contribution in [1.82, 2.24) is 15.1 Å². The molecule has 0 atom stereocenters. The first-order valence-corrected chi connectivity index (χ1v) is 8.24. The molecule has 1 aliphatic heterocycles. The molecule has 0 saturated carbocycles. The maximum atomic E-state index is 12.4. The summed E-state index contributed by atoms with van der Waals surface area (Å²) in [6, 6.07) is 13.7. The molecule has 2 aromatic rings. The number of aromatic nitrogens is 2. The zero-order valence-corrected chi connectivity index (χ0v) is 13.2. The third-order valence-corrected chi connectivity index (χ3v) is 4.09. The number of rotatable bonds is 4. The lowest BCUT2D eigenvalue weighted by Crippen LogP contribution is -2.32. The molecule has 1 saturated heterocycles. The first kappa shape index (κ1) is 15.5. The molecule has 23 heavy (non-hydrogen) atoms. The molecule has 0 radical (unpaired) electrons. The summed E-state index contributed by atoms with van der Waals surface area (Å²) in [6.07, 6.45) is 4.57. The van der Waals surface area contributed by atoms with E-state index >= 15 is 0 Å². The Morgan fingerprint density at radius 3 is 2.35 bits per heavy atom. The molecule has 3 rings (SSSR count). The second-order valence-electron chi connectivity index (χ2n) is 5.85. The van der Waals surface area contributed by atoms with E-state index in [9.17, 15) is 4.79 Å². The van der Waals surface area contributed by atoms with Crippen LogP contribution in [-0.4, -0.2) is 34.1 Å². The van der Waals surface area contributed by atoms with Gasteiger partial charge in [-0.05, 0) is 30.5 Å². The van der Waals surface area contributed by atoms with Gasteiger partial charge in [-0.25, -0.2) is 0 Å². The van der Waals surface area contributed by atoms with Gasteiger partial charge in [-0.2, -0.15) is 0 Å². The largest absolute Gasteiger partial charge is 0.365 e. The fourth-order valence-electron chi connectivity index (χ4n) is 2.76. The van der Waals surface area contributed by atoms with E-state index in [4.69, 9.17) is 0 Å². The van der Waals surface area contributed by atoms with Crippen molar-refractivity contribution in [1.29, 1.82) is 0 Å². The lowest BCUT2D eigenvalue weighted by Gasteiger charge is -2.19. The van der Waals surface area contributed by atoms with Crippen LogP contribution in [0.15, 0.2) is 42.5 Å². The number of anilines is 1. The summed E-state index contributed by atoms with van der Waals surface area (Å²) >= 11 is 0. The van der Waals surface area contributed by atoms with Gasteiger partial charge in [-0.1, -0.05) is 43.2 Å². The molecule has 1 fully saturated rings. The summed E-state index contributed by atoms with van der Waals surface area (Å²) in [5.74, 6) is 0.676. The molecular weight excluding hydrogens is 288 g/mol. The Kier molecular flexibility index (Phi) is 5.19. The highest BCUT2D eigenvalue weighted by Gasteiger charge is 2.18. The topological polar surface area (TPSA) is 58.1 Å². The number of benzene rings is 1. The van der Waals surface area contributed by atoms with Gasteiger partial charge >= 0.3 is 0 Å². The minimum Gasteiger partial charge on any atom is -0.365 e. The quantitative estimate of drug-likeness (QED) is 0.942. The second kappa shape index (κ2) is 7.72. The van der Waals surface area contributed by atoms with E-state index in [-0.39, 0.29) is 5.91 Å². The molecule has 2 heterocycles. The zero-order valence-electron chi connectivity index (χ0n) is 13.2. The highest BCUT2D eigenvalue weighted by molar-refractivity contribution is 5.92. The van der Waals surface area contributed by atoms with Gasteiger partial charge in [0.25, 0.3) is 5.91 Å². The highest BCUT2D eigenvalue weighted by atomic mass is 16.2. The Labute approximate surface area is 136 Å². The SMILES string of the molecule is O=C(c1ccc(NCc2ccccc2)nn1)N1CCCCCC1. The zero-order chi connectivity index (χ0) is 15.9. The summed E-state index contributed by atoms with van der Waals surface area (Å²) in [7, 11) is 0. The summed E-state index contributed by atoms with van der Waals surface area (Å²) < 4.78 is 0. The average molecular weight is 310 g/mol. The maximum absolute atomic E-state index is 12.4. The van der Waals surface area contributed by atoms with Crippen molar-refractivity contribution in [2.24, 2.45) is 0 Å². The van der Waals surface area contributed by atoms with Crippen molar-refractivity contribution < 1.29 is 4.79 Å². The number of hydrogen-bond acceptors (Lipinski definition) is 4. The molecule has 1 aliphatic rings. The predicted octanol–water partition coefficient (Wildman–Crippen LogP) is 3.10. The molecular formula is C18H22N4O. The minimum absolute atomic E-state index is 0.00555. The Bertz CT molecular complexity index is 619. The molecule has 0 spiro atoms. The van der Waals surface area contributed by atoms with E-state index in [1.165, 1.54) is 18.4 Å². The molecule has 1 N–H and O–H groups in total. The standard InChI is InChI=1S/C18H22N4O/c23-18(22-12-6-1-2-7-13-22)16-10-11-17(21-20-16)19-14-15-8-4-3-5-9-15/h3-5,8-11H,1-2,6-7,12-14H2,(H,19,21). The third-order valence-electron chi connectivity index (χ3n) is 4.09. The first-order chi connectivity index (χ1) is 11.3. The normalized spacial score (nSPS) is 15.0. The smallest absolute Gasteiger partial charge is 0.274 e. The molecule has 120 valence electrons. The van der Waals surface area contributed by atoms with Crippen molar-refractivity contribution in [3.05, 3.63) is 53.7 Å². The number of amides is 1. The molecule has 1 aromatic carbocycles. The lowest BCUT2D eigenvalue weighted by atomic mass is 10.2. The average Bonchev–Trinajstić information content (AvgIpc) is 2.90. The van der Waals surface area contributed by atoms with Crippen LogP contribution in [0.2, 0.25) is 0 Å². The van der Waals surface area contributed by atoms with Crippen molar-refractivity contribution in [2.45, 2.75) is 32.2 Å². The van der Waals surface area contributed by atoms with Gasteiger partial charge in [0.1, 0.15) is 5.82 Å². The molecule has 0 unspecified atom stereocenters. The van der Waals surface area contributed by atoms with Crippen LogP contribution in [0.4, 0.5) is 5.82 Å². The number of carbonyl (C=O) groups excluding carboxylic acids is 1. The van der Waals surface area contributed by atoms with Crippen LogP contribution in [0.1, 0.15) is 41.7 Å². The van der Waals surface area contributed by atoms with Gasteiger partial charge in [0.2, 0.25) is 0 Å². The van der Waals surface area contributed by atoms with Gasteiger partial charge in [-0.15, -0.1) is 10.2 Å². The summed E-state index contributed by atoms with van der Waals surface area (Å²) in [6.45, 7) is 2.35. The molecule has 5 heteroatoms. The van der Waals surface area contributed by atoms with E-state index in [0.29, 0.717) is 18.1 Å². The van der Waals surface area contributed by atoms with E-state index in [0.717, 1.165) is 25.9 Å². The van der Waals surface area contributed by atoms with Gasteiger partial charge < -0.3 is 10.2 Å². The fraction of sp³-hybridized carbons (Fsp3) is 0.389. The van der Waals surface area contributed by atoms with E-state index < -0.39 is 0 Å². The third kappa shape index (κ3) is 4.28. The van der Waals surface area contributed by atoms with Gasteiger partial charge in [0.15, 0.2) is 5.69 Å². The Morgan fingerprint density at radius 2 is 1.70 bits per heavy atom. The van der Waals surface area contributed by atoms with Gasteiger partial charge in [0.05, 0.1) is 0 Å². The van der Waals surface area contributed by atoms with Crippen molar-refractivity contribution in [3.8, 4) is 0 Å². The van der Waals surface area contributed by atoms with E-state index in [1.54, 1.807) is 6.07 Å². The van der Waals surface area contributed by atoms with E-state index in [1.807, 2.05) is 29.2 Å². The molecule has 0 aliphatic carbocycles. The van der Waals surface area contributed by atoms with Crippen molar-refractivity contribution in [2.75, 3.05) is 18.4 Å². The predicted molar refractivity (Wildman–Crippen MR) is 90.2 cm³/mol. The number of nitrogens with one attached hydrogen (secondary N) is 1. The van der Waals surface area contributed by atoms with Gasteiger partial charge in [-0.3, -0.25) is 4.79 Å². The van der Waals surface area contributed by atoms with Crippen LogP contribution >= 0.6 is 0 Å². The number of likely N-dealkylation sites (tertiary alicyclic amines) is 1. The van der Waals surface area contributed by atoms with Crippen molar-refractivity contribution in [3.63, 3.8) is 0 Å². The van der Waals surface area contributed by atoms with Crippen LogP contribution in [0.25, 0.3) is 0 Å². The molecule has 1 amide bonds. The summed E-state index contributed by atoms with van der Waals surface area (Å²) in [5.41, 5.74) is 1.61. The number of hydrogen-bond donors (Lipinski definition) is 1. The van der Waals surface area contributed by atoms with Crippen LogP contribution in [0, 0.1) is 0 Å². The molecule has 0 bridgehead atoms. The maximum Gasteiger partial charge on any atom is 0.274 e. The minimum atomic E-state index is -0.00555. The van der Waals surface area contributed by atoms with Crippen molar-refractivity contribution >= 4 is 11.7 Å². The Hall–Kier alpha value is -2.43. The summed E-state index contributed by atoms with van der Waals surface area (Å²) in [5, 5.41) is 11.4. The molecule has 5 nitrogen and oxygen atoms in total. The van der Waals surface area contributed by atoms with Gasteiger partial charge in [0, 0.05) is 19.6 Å².